The Bertz CT molecular complexity index is 1070. The lowest BCUT2D eigenvalue weighted by Crippen LogP contribution is -2.40. The molecule has 0 heterocycles. The molecule has 2 aromatic carbocycles. The summed E-state index contributed by atoms with van der Waals surface area (Å²) in [7, 11) is 0. The van der Waals surface area contributed by atoms with Crippen molar-refractivity contribution in [3.8, 4) is 0 Å². The van der Waals surface area contributed by atoms with Gasteiger partial charge in [-0.1, -0.05) is 13.3 Å². The molecule has 1 N–H and O–H groups in total. The molecule has 4 atom stereocenters. The molecule has 5 heteroatoms. The smallest absolute Gasteiger partial charge is 0.335 e. The molecule has 0 unspecified atom stereocenters. The third-order valence-electron chi connectivity index (χ3n) is 8.22. The molecule has 0 aromatic heterocycles. The fourth-order valence-corrected chi connectivity index (χ4v) is 6.87. The van der Waals surface area contributed by atoms with Crippen molar-refractivity contribution in [3.63, 3.8) is 0 Å². The van der Waals surface area contributed by atoms with Crippen molar-refractivity contribution in [2.75, 3.05) is 0 Å². The number of carbonyl (C=O) groups is 2. The number of aryl methyl sites for hydroxylation is 1. The maximum absolute atomic E-state index is 13.8. The number of benzene rings is 2. The molecule has 0 aliphatic heterocycles. The Hall–Kier alpha value is -2.56. The fourth-order valence-electron chi connectivity index (χ4n) is 6.87. The highest BCUT2D eigenvalue weighted by molar-refractivity contribution is 6.11. The van der Waals surface area contributed by atoms with Crippen LogP contribution < -0.4 is 0 Å². The predicted octanol–water partition coefficient (Wildman–Crippen LogP) is 6.14. The maximum Gasteiger partial charge on any atom is 0.335 e. The number of hydrogen-bond donors (Lipinski definition) is 1. The molecule has 0 radical (unpaired) electrons. The van der Waals surface area contributed by atoms with Gasteiger partial charge in [0, 0.05) is 17.2 Å². The first-order valence-electron chi connectivity index (χ1n) is 11.2. The quantitative estimate of drug-likeness (QED) is 0.602. The van der Waals surface area contributed by atoms with E-state index in [-0.39, 0.29) is 17.0 Å². The average Bonchev–Trinajstić information content (AvgIpc) is 3.13. The first-order valence-corrected chi connectivity index (χ1v) is 11.2. The Kier molecular flexibility index (Phi) is 4.76. The summed E-state index contributed by atoms with van der Waals surface area (Å²) in [6.45, 7) is 2.39. The Morgan fingerprint density at radius 3 is 2.42 bits per heavy atom. The molecule has 0 bridgehead atoms. The van der Waals surface area contributed by atoms with E-state index in [2.05, 4.69) is 6.92 Å². The highest BCUT2D eigenvalue weighted by Gasteiger charge is 2.50. The highest BCUT2D eigenvalue weighted by atomic mass is 19.1. The standard InChI is InChI=1S/C26H26F2O3/c1-26-7-2-3-22(26)19-5-4-14-9-16(25(30)31)12-21(23(14)20(19)6-8-26)24(29)15-10-17(27)13-18(28)11-15/h9-13,19-20,22H,2-8H2,1H3,(H,30,31)/t19-,20+,22+,26+/m1/s1. The lowest BCUT2D eigenvalue weighted by molar-refractivity contribution is 0.0593. The van der Waals surface area contributed by atoms with Gasteiger partial charge in [-0.25, -0.2) is 13.6 Å². The van der Waals surface area contributed by atoms with E-state index < -0.39 is 23.4 Å². The molecule has 3 aliphatic rings. The van der Waals surface area contributed by atoms with Crippen LogP contribution in [0.15, 0.2) is 30.3 Å². The van der Waals surface area contributed by atoms with Crippen molar-refractivity contribution in [3.05, 3.63) is 69.8 Å². The van der Waals surface area contributed by atoms with E-state index in [0.717, 1.165) is 55.0 Å². The summed E-state index contributed by atoms with van der Waals surface area (Å²) in [5.74, 6) is -1.95. The van der Waals surface area contributed by atoms with E-state index in [0.29, 0.717) is 22.8 Å². The van der Waals surface area contributed by atoms with Crippen molar-refractivity contribution in [1.82, 2.24) is 0 Å². The largest absolute Gasteiger partial charge is 0.478 e. The van der Waals surface area contributed by atoms with Crippen LogP contribution in [0.1, 0.15) is 88.8 Å². The molecule has 3 nitrogen and oxygen atoms in total. The lowest BCUT2D eigenvalue weighted by Gasteiger charge is -2.49. The van der Waals surface area contributed by atoms with Crippen molar-refractivity contribution >= 4 is 11.8 Å². The number of carboxylic acids is 1. The highest BCUT2D eigenvalue weighted by Crippen LogP contribution is 2.61. The second-order valence-corrected chi connectivity index (χ2v) is 9.89. The van der Waals surface area contributed by atoms with Gasteiger partial charge in [0.05, 0.1) is 5.56 Å². The second kappa shape index (κ2) is 7.25. The number of aromatic carboxylic acids is 1. The van der Waals surface area contributed by atoms with Gasteiger partial charge in [0.2, 0.25) is 0 Å². The summed E-state index contributed by atoms with van der Waals surface area (Å²) in [6.07, 6.45) is 7.50. The summed E-state index contributed by atoms with van der Waals surface area (Å²) in [6, 6.07) is 5.90. The van der Waals surface area contributed by atoms with E-state index in [4.69, 9.17) is 0 Å². The minimum atomic E-state index is -1.10. The summed E-state index contributed by atoms with van der Waals surface area (Å²) >= 11 is 0. The van der Waals surface area contributed by atoms with Gasteiger partial charge < -0.3 is 5.11 Å². The van der Waals surface area contributed by atoms with E-state index >= 15 is 0 Å². The van der Waals surface area contributed by atoms with Crippen LogP contribution in [0.4, 0.5) is 8.78 Å². The van der Waals surface area contributed by atoms with E-state index in [1.165, 1.54) is 25.3 Å². The zero-order valence-corrected chi connectivity index (χ0v) is 17.6. The summed E-state index contributed by atoms with van der Waals surface area (Å²) < 4.78 is 27.6. The van der Waals surface area contributed by atoms with Crippen LogP contribution in [-0.4, -0.2) is 16.9 Å². The molecule has 0 saturated heterocycles. The third-order valence-corrected chi connectivity index (χ3v) is 8.22. The Balaban J connectivity index is 1.65. The second-order valence-electron chi connectivity index (χ2n) is 9.89. The number of hydrogen-bond acceptors (Lipinski definition) is 2. The third kappa shape index (κ3) is 3.29. The first-order chi connectivity index (χ1) is 14.8. The van der Waals surface area contributed by atoms with Crippen LogP contribution in [0.3, 0.4) is 0 Å². The minimum Gasteiger partial charge on any atom is -0.478 e. The number of halogens is 2. The zero-order valence-electron chi connectivity index (χ0n) is 17.6. The predicted molar refractivity (Wildman–Crippen MR) is 112 cm³/mol. The van der Waals surface area contributed by atoms with Crippen LogP contribution in [-0.2, 0) is 6.42 Å². The van der Waals surface area contributed by atoms with Gasteiger partial charge in [0.25, 0.3) is 0 Å². The van der Waals surface area contributed by atoms with Crippen molar-refractivity contribution in [1.29, 1.82) is 0 Å². The monoisotopic (exact) mass is 424 g/mol. The average molecular weight is 424 g/mol. The maximum atomic E-state index is 13.8. The molecule has 162 valence electrons. The van der Waals surface area contributed by atoms with Gasteiger partial charge in [-0.05, 0) is 97.1 Å². The molecule has 3 aliphatic carbocycles. The number of carbonyl (C=O) groups excluding carboxylic acids is 1. The van der Waals surface area contributed by atoms with Crippen LogP contribution in [0.2, 0.25) is 0 Å². The molecule has 0 amide bonds. The molecule has 2 aromatic rings. The molecule has 31 heavy (non-hydrogen) atoms. The number of fused-ring (bicyclic) bond motifs is 5. The van der Waals surface area contributed by atoms with Gasteiger partial charge in [-0.15, -0.1) is 0 Å². The normalized spacial score (nSPS) is 29.1. The lowest BCUT2D eigenvalue weighted by atomic mass is 9.55. The minimum absolute atomic E-state index is 0.0546. The van der Waals surface area contributed by atoms with Gasteiger partial charge in [0.15, 0.2) is 5.78 Å². The summed E-state index contributed by atoms with van der Waals surface area (Å²) in [5, 5.41) is 9.61. The van der Waals surface area contributed by atoms with E-state index in [1.807, 2.05) is 0 Å². The first kappa shape index (κ1) is 20.3. The SMILES string of the molecule is C[C@@]12CCC[C@H]1[C@@H]1CCc3cc(C(=O)O)cc(C(=O)c4cc(F)cc(F)c4)c3[C@H]1CC2. The number of carboxylic acid groups (broad SMARTS) is 1. The van der Waals surface area contributed by atoms with Crippen LogP contribution in [0.25, 0.3) is 0 Å². The van der Waals surface area contributed by atoms with Gasteiger partial charge in [0.1, 0.15) is 11.6 Å². The van der Waals surface area contributed by atoms with Crippen molar-refractivity contribution in [2.45, 2.75) is 57.8 Å². The molecular formula is C26H26F2O3. The van der Waals surface area contributed by atoms with Gasteiger partial charge >= 0.3 is 5.97 Å². The summed E-state index contributed by atoms with van der Waals surface area (Å²) in [5.41, 5.74) is 2.46. The van der Waals surface area contributed by atoms with Crippen molar-refractivity contribution in [2.24, 2.45) is 17.3 Å². The fraction of sp³-hybridized carbons (Fsp3) is 0.462. The van der Waals surface area contributed by atoms with Crippen LogP contribution in [0, 0.1) is 28.9 Å². The molecule has 0 spiro atoms. The number of ketones is 1. The Morgan fingerprint density at radius 1 is 0.968 bits per heavy atom. The molecule has 2 saturated carbocycles. The van der Waals surface area contributed by atoms with Crippen LogP contribution in [0.5, 0.6) is 0 Å². The van der Waals surface area contributed by atoms with E-state index in [9.17, 15) is 23.5 Å². The van der Waals surface area contributed by atoms with Gasteiger partial charge in [-0.3, -0.25) is 4.79 Å². The van der Waals surface area contributed by atoms with Crippen LogP contribution >= 0.6 is 0 Å². The summed E-state index contributed by atoms with van der Waals surface area (Å²) in [4.78, 5) is 25.2. The Labute approximate surface area is 180 Å². The Morgan fingerprint density at radius 2 is 1.71 bits per heavy atom. The molecular weight excluding hydrogens is 398 g/mol. The van der Waals surface area contributed by atoms with Gasteiger partial charge in [-0.2, -0.15) is 0 Å². The van der Waals surface area contributed by atoms with E-state index in [1.54, 1.807) is 6.07 Å². The topological polar surface area (TPSA) is 54.4 Å². The molecule has 5 rings (SSSR count). The van der Waals surface area contributed by atoms with Crippen molar-refractivity contribution < 1.29 is 23.5 Å². The zero-order chi connectivity index (χ0) is 21.9. The number of rotatable bonds is 3. The molecule has 2 fully saturated rings.